The van der Waals surface area contributed by atoms with Gasteiger partial charge in [0.05, 0.1) is 11.1 Å². The van der Waals surface area contributed by atoms with Crippen molar-refractivity contribution in [2.75, 3.05) is 0 Å². The predicted octanol–water partition coefficient (Wildman–Crippen LogP) is 3.37. The van der Waals surface area contributed by atoms with E-state index in [-0.39, 0.29) is 5.56 Å². The highest BCUT2D eigenvalue weighted by Gasteiger charge is 2.29. The van der Waals surface area contributed by atoms with Crippen LogP contribution in [0.1, 0.15) is 17.3 Å². The van der Waals surface area contributed by atoms with Crippen LogP contribution in [-0.2, 0) is 6.54 Å². The number of fused-ring (bicyclic) bond motifs is 1. The molecule has 0 aliphatic heterocycles. The molecule has 0 radical (unpaired) electrons. The van der Waals surface area contributed by atoms with Crippen molar-refractivity contribution in [2.24, 2.45) is 0 Å². The number of aryl methyl sites for hydroxylation is 1. The van der Waals surface area contributed by atoms with Gasteiger partial charge in [-0.25, -0.2) is 22.6 Å². The molecule has 0 amide bonds. The minimum atomic E-state index is -2.34. The van der Waals surface area contributed by atoms with Crippen molar-refractivity contribution >= 4 is 17.0 Å². The molecule has 0 bridgehead atoms. The lowest BCUT2D eigenvalue weighted by molar-refractivity contribution is 0.0716. The van der Waals surface area contributed by atoms with Gasteiger partial charge in [0.2, 0.25) is 34.8 Å². The lowest BCUT2D eigenvalue weighted by Crippen LogP contribution is -2.13. The van der Waals surface area contributed by atoms with Gasteiger partial charge < -0.3 is 4.74 Å². The SMILES string of the molecule is CCn1nnc2cc(C(=O)Oc3c(F)c(F)c(F)c(F)c3F)ccc21. The average Bonchev–Trinajstić information content (AvgIpc) is 3.04. The molecule has 1 aromatic heterocycles. The van der Waals surface area contributed by atoms with Crippen LogP contribution in [0.3, 0.4) is 0 Å². The van der Waals surface area contributed by atoms with Crippen molar-refractivity contribution in [3.63, 3.8) is 0 Å². The zero-order chi connectivity index (χ0) is 18.3. The largest absolute Gasteiger partial charge is 0.416 e. The first-order valence-corrected chi connectivity index (χ1v) is 6.92. The minimum absolute atomic E-state index is 0.195. The Labute approximate surface area is 136 Å². The molecule has 0 fully saturated rings. The fraction of sp³-hybridized carbons (Fsp3) is 0.133. The van der Waals surface area contributed by atoms with E-state index < -0.39 is 40.8 Å². The molecule has 0 aliphatic carbocycles. The Morgan fingerprint density at radius 2 is 1.64 bits per heavy atom. The molecule has 10 heteroatoms. The Bertz CT molecular complexity index is 973. The van der Waals surface area contributed by atoms with Crippen molar-refractivity contribution in [1.82, 2.24) is 15.0 Å². The average molecular weight is 357 g/mol. The number of esters is 1. The fourth-order valence-corrected chi connectivity index (χ4v) is 2.16. The second-order valence-corrected chi connectivity index (χ2v) is 4.90. The third-order valence-corrected chi connectivity index (χ3v) is 3.41. The maximum absolute atomic E-state index is 13.6. The number of carbonyl (C=O) groups is 1. The van der Waals surface area contributed by atoms with Gasteiger partial charge in [-0.2, -0.15) is 8.78 Å². The van der Waals surface area contributed by atoms with Crippen molar-refractivity contribution in [1.29, 1.82) is 0 Å². The van der Waals surface area contributed by atoms with Gasteiger partial charge in [-0.3, -0.25) is 0 Å². The summed E-state index contributed by atoms with van der Waals surface area (Å²) in [4.78, 5) is 12.0. The Morgan fingerprint density at radius 3 is 2.24 bits per heavy atom. The molecule has 0 saturated carbocycles. The monoisotopic (exact) mass is 357 g/mol. The van der Waals surface area contributed by atoms with Crippen LogP contribution in [0.25, 0.3) is 11.0 Å². The molecular formula is C15H8F5N3O2. The maximum atomic E-state index is 13.6. The zero-order valence-electron chi connectivity index (χ0n) is 12.5. The van der Waals surface area contributed by atoms with Gasteiger partial charge in [-0.1, -0.05) is 5.21 Å². The van der Waals surface area contributed by atoms with E-state index >= 15 is 0 Å². The first-order valence-electron chi connectivity index (χ1n) is 6.92. The molecule has 3 aromatic rings. The molecule has 0 atom stereocenters. The van der Waals surface area contributed by atoms with E-state index in [9.17, 15) is 26.7 Å². The molecule has 25 heavy (non-hydrogen) atoms. The Kier molecular flexibility index (Phi) is 4.11. The highest BCUT2D eigenvalue weighted by molar-refractivity contribution is 5.94. The summed E-state index contributed by atoms with van der Waals surface area (Å²) >= 11 is 0. The summed E-state index contributed by atoms with van der Waals surface area (Å²) in [5.74, 6) is -14.2. The standard InChI is InChI=1S/C15H8F5N3O2/c1-2-23-8-4-3-6(5-7(8)21-22-23)15(24)25-14-12(19)10(17)9(16)11(18)13(14)20/h3-5H,2H2,1H3. The van der Waals surface area contributed by atoms with E-state index in [4.69, 9.17) is 0 Å². The van der Waals surface area contributed by atoms with Gasteiger partial charge >= 0.3 is 5.97 Å². The predicted molar refractivity (Wildman–Crippen MR) is 74.4 cm³/mol. The number of nitrogens with zero attached hydrogens (tertiary/aromatic N) is 3. The highest BCUT2D eigenvalue weighted by Crippen LogP contribution is 2.29. The van der Waals surface area contributed by atoms with Gasteiger partial charge in [0, 0.05) is 6.54 Å². The summed E-state index contributed by atoms with van der Waals surface area (Å²) in [7, 11) is 0. The van der Waals surface area contributed by atoms with E-state index in [0.717, 1.165) is 0 Å². The van der Waals surface area contributed by atoms with E-state index in [0.29, 0.717) is 17.6 Å². The normalized spacial score (nSPS) is 11.1. The van der Waals surface area contributed by atoms with Crippen molar-refractivity contribution in [3.8, 4) is 5.75 Å². The zero-order valence-corrected chi connectivity index (χ0v) is 12.5. The summed E-state index contributed by atoms with van der Waals surface area (Å²) in [6.45, 7) is 2.34. The Morgan fingerprint density at radius 1 is 1.04 bits per heavy atom. The molecule has 0 spiro atoms. The second-order valence-electron chi connectivity index (χ2n) is 4.90. The van der Waals surface area contributed by atoms with Crippen molar-refractivity contribution < 1.29 is 31.5 Å². The summed E-state index contributed by atoms with van der Waals surface area (Å²) in [6.07, 6.45) is 0. The van der Waals surface area contributed by atoms with Gasteiger partial charge in [0.1, 0.15) is 5.52 Å². The molecule has 0 N–H and O–H groups in total. The van der Waals surface area contributed by atoms with Crippen LogP contribution in [0.2, 0.25) is 0 Å². The molecule has 1 heterocycles. The molecule has 0 saturated heterocycles. The van der Waals surface area contributed by atoms with Crippen LogP contribution in [0, 0.1) is 29.1 Å². The molecule has 0 aliphatic rings. The molecule has 5 nitrogen and oxygen atoms in total. The number of hydrogen-bond donors (Lipinski definition) is 0. The van der Waals surface area contributed by atoms with Crippen LogP contribution >= 0.6 is 0 Å². The van der Waals surface area contributed by atoms with Crippen LogP contribution in [0.15, 0.2) is 18.2 Å². The molecule has 130 valence electrons. The smallest absolute Gasteiger partial charge is 0.343 e. The van der Waals surface area contributed by atoms with E-state index in [1.165, 1.54) is 22.9 Å². The maximum Gasteiger partial charge on any atom is 0.343 e. The van der Waals surface area contributed by atoms with Crippen molar-refractivity contribution in [2.45, 2.75) is 13.5 Å². The first kappa shape index (κ1) is 16.8. The number of aromatic nitrogens is 3. The number of ether oxygens (including phenoxy) is 1. The van der Waals surface area contributed by atoms with Gasteiger partial charge in [-0.15, -0.1) is 5.10 Å². The summed E-state index contributed by atoms with van der Waals surface area (Å²) < 4.78 is 72.3. The first-order chi connectivity index (χ1) is 11.8. The van der Waals surface area contributed by atoms with E-state index in [1.54, 1.807) is 0 Å². The summed E-state index contributed by atoms with van der Waals surface area (Å²) in [5.41, 5.74) is 0.698. The Hall–Kier alpha value is -3.04. The topological polar surface area (TPSA) is 57.0 Å². The van der Waals surface area contributed by atoms with Crippen molar-refractivity contribution in [3.05, 3.63) is 52.8 Å². The van der Waals surface area contributed by atoms with Crippen LogP contribution < -0.4 is 4.74 Å². The molecule has 2 aromatic carbocycles. The lowest BCUT2D eigenvalue weighted by atomic mass is 10.2. The second kappa shape index (κ2) is 6.11. The quantitative estimate of drug-likeness (QED) is 0.237. The van der Waals surface area contributed by atoms with Crippen LogP contribution in [0.4, 0.5) is 22.0 Å². The fourth-order valence-electron chi connectivity index (χ4n) is 2.16. The van der Waals surface area contributed by atoms with Crippen LogP contribution in [-0.4, -0.2) is 21.0 Å². The van der Waals surface area contributed by atoms with Gasteiger partial charge in [0.25, 0.3) is 0 Å². The number of benzene rings is 2. The van der Waals surface area contributed by atoms with E-state index in [1.807, 2.05) is 6.92 Å². The number of rotatable bonds is 3. The number of hydrogen-bond acceptors (Lipinski definition) is 4. The molecular weight excluding hydrogens is 349 g/mol. The van der Waals surface area contributed by atoms with Gasteiger partial charge in [0.15, 0.2) is 0 Å². The van der Waals surface area contributed by atoms with Gasteiger partial charge in [-0.05, 0) is 25.1 Å². The third kappa shape index (κ3) is 2.69. The highest BCUT2D eigenvalue weighted by atomic mass is 19.2. The van der Waals surface area contributed by atoms with Crippen LogP contribution in [0.5, 0.6) is 5.75 Å². The third-order valence-electron chi connectivity index (χ3n) is 3.41. The Balaban J connectivity index is 1.98. The molecule has 3 rings (SSSR count). The molecule has 0 unspecified atom stereocenters. The number of halogens is 5. The van der Waals surface area contributed by atoms with E-state index in [2.05, 4.69) is 15.0 Å². The lowest BCUT2D eigenvalue weighted by Gasteiger charge is -2.08. The summed E-state index contributed by atoms with van der Waals surface area (Å²) in [6, 6.07) is 3.95. The number of carbonyl (C=O) groups excluding carboxylic acids is 1. The minimum Gasteiger partial charge on any atom is -0.416 e. The summed E-state index contributed by atoms with van der Waals surface area (Å²) in [5, 5.41) is 7.62.